The molecule has 35 heavy (non-hydrogen) atoms. The van der Waals surface area contributed by atoms with Gasteiger partial charge in [-0.25, -0.2) is 0 Å². The molecular formula is C28H31NO6. The molecule has 7 heteroatoms. The van der Waals surface area contributed by atoms with E-state index in [1.165, 1.54) is 0 Å². The van der Waals surface area contributed by atoms with Crippen molar-refractivity contribution in [2.45, 2.75) is 31.5 Å². The standard InChI is InChI=1S/C28H31NO6/c1-32-24-16-21(17-25(33-2)27(24)34-3)26(29-15-7-10-23(29)28(30)31)20-11-13-22(14-12-20)35-18-19-8-5-4-6-9-19/h4-6,8-9,11-14,16-17,23,26H,7,10,15,18H2,1-3H3,(H,30,31). The maximum absolute atomic E-state index is 12.1. The Morgan fingerprint density at radius 3 is 2.17 bits per heavy atom. The predicted molar refractivity (Wildman–Crippen MR) is 133 cm³/mol. The van der Waals surface area contributed by atoms with Crippen molar-refractivity contribution in [1.29, 1.82) is 0 Å². The van der Waals surface area contributed by atoms with E-state index in [-0.39, 0.29) is 6.04 Å². The molecule has 1 fully saturated rings. The monoisotopic (exact) mass is 477 g/mol. The van der Waals surface area contributed by atoms with Crippen LogP contribution in [0, 0.1) is 0 Å². The third kappa shape index (κ3) is 5.35. The van der Waals surface area contributed by atoms with E-state index in [1.807, 2.05) is 71.6 Å². The number of nitrogens with zero attached hydrogens (tertiary/aromatic N) is 1. The molecule has 1 N–H and O–H groups in total. The molecule has 0 aliphatic carbocycles. The Morgan fingerprint density at radius 1 is 0.943 bits per heavy atom. The molecule has 3 aromatic rings. The second-order valence-electron chi connectivity index (χ2n) is 8.44. The number of carbonyl (C=O) groups is 1. The molecule has 0 amide bonds. The maximum Gasteiger partial charge on any atom is 0.320 e. The second kappa shape index (κ2) is 11.1. The van der Waals surface area contributed by atoms with Gasteiger partial charge in [0.25, 0.3) is 0 Å². The number of ether oxygens (including phenoxy) is 4. The van der Waals surface area contributed by atoms with Crippen molar-refractivity contribution in [2.75, 3.05) is 27.9 Å². The minimum absolute atomic E-state index is 0.310. The molecule has 1 saturated heterocycles. The highest BCUT2D eigenvalue weighted by molar-refractivity contribution is 5.74. The molecule has 0 spiro atoms. The third-order valence-electron chi connectivity index (χ3n) is 6.36. The first-order valence-corrected chi connectivity index (χ1v) is 11.6. The Labute approximate surface area is 205 Å². The normalized spacial score (nSPS) is 16.5. The zero-order valence-corrected chi connectivity index (χ0v) is 20.3. The lowest BCUT2D eigenvalue weighted by Crippen LogP contribution is -2.39. The fourth-order valence-electron chi connectivity index (χ4n) is 4.69. The largest absolute Gasteiger partial charge is 0.493 e. The van der Waals surface area contributed by atoms with Crippen LogP contribution >= 0.6 is 0 Å². The van der Waals surface area contributed by atoms with Crippen molar-refractivity contribution in [1.82, 2.24) is 4.90 Å². The molecule has 0 radical (unpaired) electrons. The van der Waals surface area contributed by atoms with Gasteiger partial charge in [-0.2, -0.15) is 0 Å². The number of benzene rings is 3. The van der Waals surface area contributed by atoms with Crippen LogP contribution in [0.5, 0.6) is 23.0 Å². The zero-order chi connectivity index (χ0) is 24.8. The highest BCUT2D eigenvalue weighted by Gasteiger charge is 2.37. The van der Waals surface area contributed by atoms with Crippen molar-refractivity contribution in [2.24, 2.45) is 0 Å². The van der Waals surface area contributed by atoms with Crippen LogP contribution in [0.2, 0.25) is 0 Å². The van der Waals surface area contributed by atoms with Gasteiger partial charge in [0.15, 0.2) is 11.5 Å². The number of likely N-dealkylation sites (tertiary alicyclic amines) is 1. The first kappa shape index (κ1) is 24.4. The van der Waals surface area contributed by atoms with Crippen LogP contribution in [0.15, 0.2) is 66.7 Å². The van der Waals surface area contributed by atoms with E-state index in [1.54, 1.807) is 21.3 Å². The summed E-state index contributed by atoms with van der Waals surface area (Å²) >= 11 is 0. The fraction of sp³-hybridized carbons (Fsp3) is 0.321. The van der Waals surface area contributed by atoms with E-state index in [9.17, 15) is 9.90 Å². The van der Waals surface area contributed by atoms with E-state index in [4.69, 9.17) is 18.9 Å². The molecular weight excluding hydrogens is 446 g/mol. The summed E-state index contributed by atoms with van der Waals surface area (Å²) in [5.74, 6) is 1.49. The van der Waals surface area contributed by atoms with Gasteiger partial charge in [0, 0.05) is 6.54 Å². The number of carboxylic acids is 1. The SMILES string of the molecule is COc1cc(C(c2ccc(OCc3ccccc3)cc2)N2CCCC2C(=O)O)cc(OC)c1OC. The van der Waals surface area contributed by atoms with Gasteiger partial charge in [-0.05, 0) is 53.8 Å². The minimum Gasteiger partial charge on any atom is -0.493 e. The van der Waals surface area contributed by atoms with Gasteiger partial charge in [-0.3, -0.25) is 9.69 Å². The van der Waals surface area contributed by atoms with Gasteiger partial charge in [-0.1, -0.05) is 42.5 Å². The molecule has 0 aromatic heterocycles. The lowest BCUT2D eigenvalue weighted by atomic mass is 9.95. The van der Waals surface area contributed by atoms with Gasteiger partial charge in [0.05, 0.1) is 27.4 Å². The van der Waals surface area contributed by atoms with Gasteiger partial charge >= 0.3 is 5.97 Å². The summed E-state index contributed by atoms with van der Waals surface area (Å²) in [7, 11) is 4.71. The highest BCUT2D eigenvalue weighted by Crippen LogP contribution is 2.44. The van der Waals surface area contributed by atoms with E-state index in [2.05, 4.69) is 0 Å². The Balaban J connectivity index is 1.70. The molecule has 4 rings (SSSR count). The van der Waals surface area contributed by atoms with Gasteiger partial charge < -0.3 is 24.1 Å². The number of carboxylic acid groups (broad SMARTS) is 1. The van der Waals surface area contributed by atoms with E-state index in [0.717, 1.165) is 28.9 Å². The molecule has 1 heterocycles. The summed E-state index contributed by atoms with van der Waals surface area (Å²) in [4.78, 5) is 14.1. The molecule has 2 atom stereocenters. The van der Waals surface area contributed by atoms with Crippen molar-refractivity contribution in [3.63, 3.8) is 0 Å². The number of hydrogen-bond acceptors (Lipinski definition) is 6. The van der Waals surface area contributed by atoms with Crippen LogP contribution in [0.4, 0.5) is 0 Å². The Kier molecular flexibility index (Phi) is 7.77. The predicted octanol–water partition coefficient (Wildman–Crippen LogP) is 4.93. The molecule has 1 aliphatic heterocycles. The second-order valence-corrected chi connectivity index (χ2v) is 8.44. The smallest absolute Gasteiger partial charge is 0.320 e. The lowest BCUT2D eigenvalue weighted by Gasteiger charge is -2.32. The summed E-state index contributed by atoms with van der Waals surface area (Å²) in [5.41, 5.74) is 2.92. The van der Waals surface area contributed by atoms with E-state index >= 15 is 0 Å². The zero-order valence-electron chi connectivity index (χ0n) is 20.3. The van der Waals surface area contributed by atoms with Crippen LogP contribution in [0.25, 0.3) is 0 Å². The van der Waals surface area contributed by atoms with E-state index in [0.29, 0.717) is 36.8 Å². The Hall–Kier alpha value is -3.71. The van der Waals surface area contributed by atoms with Crippen LogP contribution < -0.4 is 18.9 Å². The maximum atomic E-state index is 12.1. The van der Waals surface area contributed by atoms with Crippen LogP contribution in [-0.2, 0) is 11.4 Å². The van der Waals surface area contributed by atoms with Crippen LogP contribution in [0.1, 0.15) is 35.6 Å². The van der Waals surface area contributed by atoms with E-state index < -0.39 is 12.0 Å². The van der Waals surface area contributed by atoms with Crippen LogP contribution in [-0.4, -0.2) is 49.9 Å². The van der Waals surface area contributed by atoms with Gasteiger partial charge in [0.1, 0.15) is 18.4 Å². The quantitative estimate of drug-likeness (QED) is 0.444. The van der Waals surface area contributed by atoms with Crippen LogP contribution in [0.3, 0.4) is 0 Å². The summed E-state index contributed by atoms with van der Waals surface area (Å²) in [6.45, 7) is 1.15. The lowest BCUT2D eigenvalue weighted by molar-refractivity contribution is -0.142. The van der Waals surface area contributed by atoms with Crippen molar-refractivity contribution < 1.29 is 28.8 Å². The Morgan fingerprint density at radius 2 is 1.60 bits per heavy atom. The molecule has 7 nitrogen and oxygen atoms in total. The number of aliphatic carboxylic acids is 1. The summed E-state index contributed by atoms with van der Waals surface area (Å²) < 4.78 is 22.6. The summed E-state index contributed by atoms with van der Waals surface area (Å²) in [5, 5.41) is 9.90. The first-order valence-electron chi connectivity index (χ1n) is 11.6. The molecule has 0 saturated carbocycles. The van der Waals surface area contributed by atoms with Gasteiger partial charge in [0.2, 0.25) is 5.75 Å². The fourth-order valence-corrected chi connectivity index (χ4v) is 4.69. The molecule has 0 bridgehead atoms. The minimum atomic E-state index is -0.817. The number of rotatable bonds is 10. The summed E-state index contributed by atoms with van der Waals surface area (Å²) in [6, 6.07) is 20.7. The third-order valence-corrected chi connectivity index (χ3v) is 6.36. The molecule has 1 aliphatic rings. The average molecular weight is 478 g/mol. The average Bonchev–Trinajstić information content (AvgIpc) is 3.38. The topological polar surface area (TPSA) is 77.5 Å². The molecule has 3 aromatic carbocycles. The summed E-state index contributed by atoms with van der Waals surface area (Å²) in [6.07, 6.45) is 1.42. The first-order chi connectivity index (χ1) is 17.0. The number of methoxy groups -OCH3 is 3. The highest BCUT2D eigenvalue weighted by atomic mass is 16.5. The van der Waals surface area contributed by atoms with Crippen molar-refractivity contribution >= 4 is 5.97 Å². The Bertz CT molecular complexity index is 1110. The molecule has 184 valence electrons. The number of hydrogen-bond donors (Lipinski definition) is 1. The van der Waals surface area contributed by atoms with Gasteiger partial charge in [-0.15, -0.1) is 0 Å². The van der Waals surface area contributed by atoms with Crippen molar-refractivity contribution in [3.8, 4) is 23.0 Å². The van der Waals surface area contributed by atoms with Crippen molar-refractivity contribution in [3.05, 3.63) is 83.4 Å². The molecule has 2 unspecified atom stereocenters.